The quantitative estimate of drug-likeness (QED) is 0.295. The van der Waals surface area contributed by atoms with Crippen molar-refractivity contribution in [3.63, 3.8) is 0 Å². The normalized spacial score (nSPS) is 25.9. The molecule has 0 aliphatic carbocycles. The van der Waals surface area contributed by atoms with Crippen molar-refractivity contribution in [3.8, 4) is 35.2 Å². The number of piperazine rings is 1. The van der Waals surface area contributed by atoms with E-state index in [1.165, 1.54) is 6.07 Å². The zero-order chi connectivity index (χ0) is 30.2. The summed E-state index contributed by atoms with van der Waals surface area (Å²) in [5.74, 6) is -0.623. The van der Waals surface area contributed by atoms with Crippen LogP contribution in [0.1, 0.15) is 37.7 Å². The highest BCUT2D eigenvalue weighted by molar-refractivity contribution is 6.03. The molecular formula is C34H32F3N5O2. The summed E-state index contributed by atoms with van der Waals surface area (Å²) in [5.41, 5.74) is 0.978. The summed E-state index contributed by atoms with van der Waals surface area (Å²) in [5, 5.41) is 16.0. The van der Waals surface area contributed by atoms with E-state index in [0.29, 0.717) is 52.3 Å². The number of rotatable bonds is 5. The number of benzene rings is 2. The lowest BCUT2D eigenvalue weighted by molar-refractivity contribution is 0.00812. The first-order valence-corrected chi connectivity index (χ1v) is 15.2. The molecule has 6 heterocycles. The molecule has 0 radical (unpaired) electrons. The molecule has 4 fully saturated rings. The molecule has 0 amide bonds. The number of aromatic hydroxyl groups is 1. The van der Waals surface area contributed by atoms with Gasteiger partial charge in [-0.3, -0.25) is 9.88 Å². The zero-order valence-electron chi connectivity index (χ0n) is 24.1. The largest absolute Gasteiger partial charge is 0.508 e. The molecule has 4 aliphatic rings. The third-order valence-electron chi connectivity index (χ3n) is 9.92. The highest BCUT2D eigenvalue weighted by atomic mass is 19.3. The van der Waals surface area contributed by atoms with Crippen molar-refractivity contribution >= 4 is 27.4 Å². The lowest BCUT2D eigenvalue weighted by atomic mass is 9.94. The van der Waals surface area contributed by atoms with E-state index in [1.54, 1.807) is 36.5 Å². The van der Waals surface area contributed by atoms with Gasteiger partial charge in [0.1, 0.15) is 23.6 Å². The molecule has 4 saturated heterocycles. The van der Waals surface area contributed by atoms with Crippen LogP contribution in [0.5, 0.6) is 11.6 Å². The monoisotopic (exact) mass is 599 g/mol. The van der Waals surface area contributed by atoms with E-state index in [2.05, 4.69) is 26.1 Å². The van der Waals surface area contributed by atoms with Crippen LogP contribution >= 0.6 is 0 Å². The molecular weight excluding hydrogens is 567 g/mol. The minimum atomic E-state index is -2.76. The number of aromatic nitrogens is 2. The summed E-state index contributed by atoms with van der Waals surface area (Å²) < 4.78 is 51.9. The minimum Gasteiger partial charge on any atom is -0.508 e. The third kappa shape index (κ3) is 4.44. The van der Waals surface area contributed by atoms with Gasteiger partial charge in [-0.15, -0.1) is 6.42 Å². The SMILES string of the molecule is C#Cc1cccc2cc(O)cc(-c3ncc4c(N5CC6CCC(C5)N6)cc(OCC56CCCN5CC(F)(F)C6)nc4c3F)c12. The maximum atomic E-state index is 16.7. The average Bonchev–Trinajstić information content (AvgIpc) is 3.62. The number of nitrogens with one attached hydrogen (secondary N) is 1. The van der Waals surface area contributed by atoms with Crippen molar-refractivity contribution < 1.29 is 23.0 Å². The smallest absolute Gasteiger partial charge is 0.262 e. The van der Waals surface area contributed by atoms with Crippen LogP contribution in [-0.4, -0.2) is 76.3 Å². The Hall–Kier alpha value is -4.07. The predicted molar refractivity (Wildman–Crippen MR) is 163 cm³/mol. The predicted octanol–water partition coefficient (Wildman–Crippen LogP) is 5.47. The number of hydrogen-bond donors (Lipinski definition) is 2. The summed E-state index contributed by atoms with van der Waals surface area (Å²) in [6.07, 6.45) is 10.8. The number of hydrogen-bond acceptors (Lipinski definition) is 7. The summed E-state index contributed by atoms with van der Waals surface area (Å²) in [6, 6.07) is 10.8. The number of terminal acetylenes is 1. The van der Waals surface area contributed by atoms with E-state index in [4.69, 9.17) is 11.2 Å². The van der Waals surface area contributed by atoms with Crippen LogP contribution < -0.4 is 15.0 Å². The number of ether oxygens (including phenoxy) is 1. The van der Waals surface area contributed by atoms with Gasteiger partial charge in [-0.1, -0.05) is 18.1 Å². The van der Waals surface area contributed by atoms with Gasteiger partial charge in [-0.05, 0) is 55.8 Å². The Morgan fingerprint density at radius 2 is 1.98 bits per heavy atom. The third-order valence-corrected chi connectivity index (χ3v) is 9.92. The number of fused-ring (bicyclic) bond motifs is 5. The van der Waals surface area contributed by atoms with Crippen LogP contribution in [0.25, 0.3) is 32.9 Å². The molecule has 0 spiro atoms. The fourth-order valence-corrected chi connectivity index (χ4v) is 8.03. The van der Waals surface area contributed by atoms with Gasteiger partial charge in [-0.25, -0.2) is 18.2 Å². The van der Waals surface area contributed by atoms with Crippen LogP contribution in [0.2, 0.25) is 0 Å². The Kier molecular flexibility index (Phi) is 6.23. The topological polar surface area (TPSA) is 73.8 Å². The molecule has 4 aromatic rings. The van der Waals surface area contributed by atoms with Gasteiger partial charge < -0.3 is 20.1 Å². The number of anilines is 1. The van der Waals surface area contributed by atoms with E-state index in [0.717, 1.165) is 38.0 Å². The fraction of sp³-hybridized carbons (Fsp3) is 0.412. The standard InChI is InChI=1S/C34H32F3N5O2/c1-2-20-5-3-6-21-11-24(43)12-25(29(20)21)31-30(35)32-26(14-38-31)27(41-15-22-7-8-23(16-41)39-22)13-28(40-32)44-19-33-9-4-10-42(33)18-34(36,37)17-33/h1,3,5-6,11-14,22-23,39,43H,4,7-10,15-19H2. The number of phenols is 1. The summed E-state index contributed by atoms with van der Waals surface area (Å²) in [7, 11) is 0. The van der Waals surface area contributed by atoms with Crippen LogP contribution in [0.15, 0.2) is 42.6 Å². The second-order valence-corrected chi connectivity index (χ2v) is 12.8. The minimum absolute atomic E-state index is 0.00748. The van der Waals surface area contributed by atoms with Crippen LogP contribution in [0.4, 0.5) is 18.9 Å². The first-order chi connectivity index (χ1) is 21.2. The van der Waals surface area contributed by atoms with Crippen molar-refractivity contribution in [2.24, 2.45) is 0 Å². The molecule has 2 N–H and O–H groups in total. The van der Waals surface area contributed by atoms with E-state index < -0.39 is 17.3 Å². The highest BCUT2D eigenvalue weighted by Crippen LogP contribution is 2.46. The maximum absolute atomic E-state index is 16.7. The molecule has 3 unspecified atom stereocenters. The molecule has 2 aromatic carbocycles. The first-order valence-electron chi connectivity index (χ1n) is 15.2. The molecule has 0 saturated carbocycles. The molecule has 4 aliphatic heterocycles. The molecule has 7 nitrogen and oxygen atoms in total. The Labute approximate surface area is 253 Å². The Balaban J connectivity index is 1.26. The number of nitrogens with zero attached hydrogens (tertiary/aromatic N) is 4. The van der Waals surface area contributed by atoms with Gasteiger partial charge >= 0.3 is 0 Å². The van der Waals surface area contributed by atoms with Crippen molar-refractivity contribution in [3.05, 3.63) is 54.0 Å². The van der Waals surface area contributed by atoms with Crippen LogP contribution in [0.3, 0.4) is 0 Å². The number of alkyl halides is 2. The van der Waals surface area contributed by atoms with Gasteiger partial charge in [-0.2, -0.15) is 0 Å². The average molecular weight is 600 g/mol. The van der Waals surface area contributed by atoms with Gasteiger partial charge in [0, 0.05) is 65.8 Å². The first kappa shape index (κ1) is 27.5. The zero-order valence-corrected chi connectivity index (χ0v) is 24.1. The summed E-state index contributed by atoms with van der Waals surface area (Å²) in [6.45, 7) is 1.88. The van der Waals surface area contributed by atoms with Crippen molar-refractivity contribution in [1.29, 1.82) is 0 Å². The van der Waals surface area contributed by atoms with Gasteiger partial charge in [0.2, 0.25) is 5.88 Å². The Morgan fingerprint density at radius 3 is 2.77 bits per heavy atom. The fourth-order valence-electron chi connectivity index (χ4n) is 8.03. The van der Waals surface area contributed by atoms with Gasteiger partial charge in [0.25, 0.3) is 5.92 Å². The molecule has 10 heteroatoms. The molecule has 2 bridgehead atoms. The molecule has 2 aromatic heterocycles. The highest BCUT2D eigenvalue weighted by Gasteiger charge is 2.57. The van der Waals surface area contributed by atoms with Gasteiger partial charge in [0.05, 0.1) is 17.8 Å². The van der Waals surface area contributed by atoms with Crippen molar-refractivity contribution in [1.82, 2.24) is 20.2 Å². The lowest BCUT2D eigenvalue weighted by Gasteiger charge is -2.35. The molecule has 226 valence electrons. The van der Waals surface area contributed by atoms with Crippen molar-refractivity contribution in [2.75, 3.05) is 37.7 Å². The maximum Gasteiger partial charge on any atom is 0.262 e. The van der Waals surface area contributed by atoms with E-state index >= 15 is 4.39 Å². The second-order valence-electron chi connectivity index (χ2n) is 12.8. The Bertz CT molecular complexity index is 1850. The van der Waals surface area contributed by atoms with Crippen LogP contribution in [0, 0.1) is 18.2 Å². The van der Waals surface area contributed by atoms with Crippen molar-refractivity contribution in [2.45, 2.75) is 55.6 Å². The summed E-state index contributed by atoms with van der Waals surface area (Å²) in [4.78, 5) is 13.3. The van der Waals surface area contributed by atoms with E-state index in [1.807, 2.05) is 4.90 Å². The van der Waals surface area contributed by atoms with E-state index in [-0.39, 0.29) is 42.4 Å². The number of halogens is 3. The summed E-state index contributed by atoms with van der Waals surface area (Å²) >= 11 is 0. The number of phenolic OH excluding ortho intramolecular Hbond substituents is 1. The lowest BCUT2D eigenvalue weighted by Crippen LogP contribution is -2.51. The molecule has 8 rings (SSSR count). The van der Waals surface area contributed by atoms with Crippen LogP contribution in [-0.2, 0) is 0 Å². The second kappa shape index (κ2) is 9.98. The molecule has 3 atom stereocenters. The molecule has 44 heavy (non-hydrogen) atoms. The van der Waals surface area contributed by atoms with E-state index in [9.17, 15) is 13.9 Å². The van der Waals surface area contributed by atoms with Gasteiger partial charge in [0.15, 0.2) is 5.82 Å². The Morgan fingerprint density at radius 1 is 1.16 bits per heavy atom. The number of pyridine rings is 2.